The molecule has 4 nitrogen and oxygen atoms in total. The van der Waals surface area contributed by atoms with Crippen molar-refractivity contribution in [3.8, 4) is 0 Å². The maximum Gasteiger partial charge on any atom is 0.324 e. The number of hydrogen-bond acceptors (Lipinski definition) is 4. The molecule has 0 fully saturated rings. The SMILES string of the molecule is CCCN(C)c1n[nH]c(=O)s1. The van der Waals surface area contributed by atoms with E-state index in [4.69, 9.17) is 0 Å². The summed E-state index contributed by atoms with van der Waals surface area (Å²) in [5, 5.41) is 6.98. The van der Waals surface area contributed by atoms with E-state index in [1.54, 1.807) is 0 Å². The van der Waals surface area contributed by atoms with E-state index < -0.39 is 0 Å². The zero-order chi connectivity index (χ0) is 8.27. The molecule has 1 heterocycles. The smallest absolute Gasteiger partial charge is 0.324 e. The highest BCUT2D eigenvalue weighted by atomic mass is 32.1. The van der Waals surface area contributed by atoms with Crippen molar-refractivity contribution in [1.82, 2.24) is 10.2 Å². The fourth-order valence-electron chi connectivity index (χ4n) is 0.816. The Morgan fingerprint density at radius 2 is 2.45 bits per heavy atom. The van der Waals surface area contributed by atoms with Gasteiger partial charge in [0.15, 0.2) is 0 Å². The summed E-state index contributed by atoms with van der Waals surface area (Å²) in [5.74, 6) is 0. The van der Waals surface area contributed by atoms with E-state index in [1.165, 1.54) is 0 Å². The molecule has 0 aliphatic rings. The molecular weight excluding hydrogens is 162 g/mol. The second kappa shape index (κ2) is 3.52. The highest BCUT2D eigenvalue weighted by Crippen LogP contribution is 2.09. The van der Waals surface area contributed by atoms with Crippen LogP contribution in [0, 0.1) is 0 Å². The van der Waals surface area contributed by atoms with E-state index in [-0.39, 0.29) is 4.87 Å². The molecular formula is C6H11N3OS. The van der Waals surface area contributed by atoms with Crippen LogP contribution >= 0.6 is 11.3 Å². The van der Waals surface area contributed by atoms with Crippen LogP contribution in [-0.2, 0) is 0 Å². The molecule has 62 valence electrons. The van der Waals surface area contributed by atoms with Crippen LogP contribution in [0.3, 0.4) is 0 Å². The number of aromatic nitrogens is 2. The second-order valence-electron chi connectivity index (χ2n) is 2.32. The lowest BCUT2D eigenvalue weighted by molar-refractivity contribution is 0.837. The first-order chi connectivity index (χ1) is 5.24. The van der Waals surface area contributed by atoms with Gasteiger partial charge in [0.2, 0.25) is 5.13 Å². The molecule has 1 rings (SSSR count). The van der Waals surface area contributed by atoms with E-state index in [0.29, 0.717) is 0 Å². The molecule has 1 aromatic rings. The van der Waals surface area contributed by atoms with Gasteiger partial charge in [-0.1, -0.05) is 6.92 Å². The molecule has 1 N–H and O–H groups in total. The monoisotopic (exact) mass is 173 g/mol. The number of H-pyrrole nitrogens is 1. The van der Waals surface area contributed by atoms with Gasteiger partial charge in [-0.05, 0) is 17.8 Å². The van der Waals surface area contributed by atoms with Gasteiger partial charge in [0.25, 0.3) is 0 Å². The molecule has 0 aliphatic heterocycles. The summed E-state index contributed by atoms with van der Waals surface area (Å²) < 4.78 is 0. The van der Waals surface area contributed by atoms with Crippen molar-refractivity contribution in [2.24, 2.45) is 0 Å². The molecule has 0 aromatic carbocycles. The van der Waals surface area contributed by atoms with Gasteiger partial charge in [0.1, 0.15) is 0 Å². The quantitative estimate of drug-likeness (QED) is 0.731. The first kappa shape index (κ1) is 8.26. The fraction of sp³-hybridized carbons (Fsp3) is 0.667. The van der Waals surface area contributed by atoms with Crippen molar-refractivity contribution >= 4 is 16.5 Å². The van der Waals surface area contributed by atoms with E-state index >= 15 is 0 Å². The van der Waals surface area contributed by atoms with Crippen molar-refractivity contribution in [2.45, 2.75) is 13.3 Å². The Kier molecular flexibility index (Phi) is 2.64. The average molecular weight is 173 g/mol. The number of hydrogen-bond donors (Lipinski definition) is 1. The Labute approximate surface area is 68.9 Å². The van der Waals surface area contributed by atoms with Gasteiger partial charge in [-0.15, -0.1) is 5.10 Å². The molecule has 0 bridgehead atoms. The molecule has 0 spiro atoms. The number of anilines is 1. The number of aromatic amines is 1. The third-order valence-electron chi connectivity index (χ3n) is 1.31. The van der Waals surface area contributed by atoms with E-state index in [1.807, 2.05) is 11.9 Å². The van der Waals surface area contributed by atoms with Crippen LogP contribution in [0.5, 0.6) is 0 Å². The molecule has 11 heavy (non-hydrogen) atoms. The van der Waals surface area contributed by atoms with Gasteiger partial charge in [-0.2, -0.15) is 0 Å². The summed E-state index contributed by atoms with van der Waals surface area (Å²) in [6, 6.07) is 0. The molecule has 0 amide bonds. The summed E-state index contributed by atoms with van der Waals surface area (Å²) >= 11 is 1.14. The van der Waals surface area contributed by atoms with Crippen molar-refractivity contribution in [1.29, 1.82) is 0 Å². The molecule has 0 saturated heterocycles. The fourth-order valence-corrected chi connectivity index (χ4v) is 1.41. The van der Waals surface area contributed by atoms with E-state index in [0.717, 1.165) is 29.4 Å². The van der Waals surface area contributed by atoms with Crippen LogP contribution in [0.25, 0.3) is 0 Å². The summed E-state index contributed by atoms with van der Waals surface area (Å²) in [7, 11) is 1.93. The third-order valence-corrected chi connectivity index (χ3v) is 2.17. The van der Waals surface area contributed by atoms with Crippen LogP contribution in [0.4, 0.5) is 5.13 Å². The van der Waals surface area contributed by atoms with Gasteiger partial charge in [0, 0.05) is 13.6 Å². The maximum atomic E-state index is 10.7. The topological polar surface area (TPSA) is 49.0 Å². The van der Waals surface area contributed by atoms with Gasteiger partial charge in [0.05, 0.1) is 0 Å². The minimum absolute atomic E-state index is 0.0945. The lowest BCUT2D eigenvalue weighted by Crippen LogP contribution is -2.17. The first-order valence-corrected chi connectivity index (χ1v) is 4.32. The minimum Gasteiger partial charge on any atom is -0.350 e. The Morgan fingerprint density at radius 3 is 2.91 bits per heavy atom. The molecule has 0 atom stereocenters. The summed E-state index contributed by atoms with van der Waals surface area (Å²) in [4.78, 5) is 12.5. The third kappa shape index (κ3) is 2.04. The number of nitrogens with one attached hydrogen (secondary N) is 1. The minimum atomic E-state index is -0.0945. The van der Waals surface area contributed by atoms with Gasteiger partial charge < -0.3 is 4.90 Å². The van der Waals surface area contributed by atoms with Crippen molar-refractivity contribution in [3.05, 3.63) is 9.67 Å². The van der Waals surface area contributed by atoms with Crippen molar-refractivity contribution in [2.75, 3.05) is 18.5 Å². The van der Waals surface area contributed by atoms with Crippen molar-refractivity contribution in [3.63, 3.8) is 0 Å². The van der Waals surface area contributed by atoms with Crippen LogP contribution < -0.4 is 9.77 Å². The van der Waals surface area contributed by atoms with Gasteiger partial charge >= 0.3 is 4.87 Å². The van der Waals surface area contributed by atoms with Crippen LogP contribution in [0.2, 0.25) is 0 Å². The Balaban J connectivity index is 2.68. The molecule has 1 aromatic heterocycles. The average Bonchev–Trinajstić information content (AvgIpc) is 2.36. The van der Waals surface area contributed by atoms with Gasteiger partial charge in [-0.3, -0.25) is 4.79 Å². The molecule has 0 unspecified atom stereocenters. The molecule has 0 radical (unpaired) electrons. The predicted octanol–water partition coefficient (Wildman–Crippen LogP) is 0.678. The highest BCUT2D eigenvalue weighted by molar-refractivity contribution is 7.12. The lowest BCUT2D eigenvalue weighted by Gasteiger charge is -2.12. The maximum absolute atomic E-state index is 10.7. The number of rotatable bonds is 3. The van der Waals surface area contributed by atoms with Crippen LogP contribution in [0.15, 0.2) is 4.79 Å². The summed E-state index contributed by atoms with van der Waals surface area (Å²) in [6.07, 6.45) is 1.06. The molecule has 0 aliphatic carbocycles. The number of nitrogens with zero attached hydrogens (tertiary/aromatic N) is 2. The highest BCUT2D eigenvalue weighted by Gasteiger charge is 2.03. The summed E-state index contributed by atoms with van der Waals surface area (Å²) in [5.41, 5.74) is 0. The Morgan fingerprint density at radius 1 is 1.73 bits per heavy atom. The van der Waals surface area contributed by atoms with Crippen LogP contribution in [-0.4, -0.2) is 23.8 Å². The Bertz CT molecular complexity index is 267. The zero-order valence-electron chi connectivity index (χ0n) is 6.63. The zero-order valence-corrected chi connectivity index (χ0v) is 7.44. The van der Waals surface area contributed by atoms with Gasteiger partial charge in [-0.25, -0.2) is 5.10 Å². The summed E-state index contributed by atoms with van der Waals surface area (Å²) in [6.45, 7) is 3.02. The lowest BCUT2D eigenvalue weighted by atomic mass is 10.5. The normalized spacial score (nSPS) is 10.0. The molecule has 5 heteroatoms. The first-order valence-electron chi connectivity index (χ1n) is 3.50. The van der Waals surface area contributed by atoms with E-state index in [2.05, 4.69) is 17.1 Å². The van der Waals surface area contributed by atoms with Crippen molar-refractivity contribution < 1.29 is 0 Å². The predicted molar refractivity (Wildman–Crippen MR) is 46.3 cm³/mol. The second-order valence-corrected chi connectivity index (χ2v) is 3.26. The molecule has 0 saturated carbocycles. The van der Waals surface area contributed by atoms with E-state index in [9.17, 15) is 4.79 Å². The van der Waals surface area contributed by atoms with Crippen LogP contribution in [0.1, 0.15) is 13.3 Å². The Hall–Kier alpha value is -0.840. The largest absolute Gasteiger partial charge is 0.350 e. The standard InChI is InChI=1S/C6H11N3OS/c1-3-4-9(2)5-7-8-6(10)11-5/h3-4H2,1-2H3,(H,8,10).